The number of nitrogens with two attached hydrogens (primary N) is 1. The molecule has 0 unspecified atom stereocenters. The lowest BCUT2D eigenvalue weighted by Crippen LogP contribution is -2.05. The second-order valence-electron chi connectivity index (χ2n) is 4.92. The van der Waals surface area contributed by atoms with E-state index in [-0.39, 0.29) is 12.4 Å². The second kappa shape index (κ2) is 5.29. The first-order valence-corrected chi connectivity index (χ1v) is 6.59. The van der Waals surface area contributed by atoms with E-state index < -0.39 is 11.7 Å². The van der Waals surface area contributed by atoms with Gasteiger partial charge in [-0.05, 0) is 30.3 Å². The lowest BCUT2D eigenvalue weighted by atomic mass is 10.2. The molecule has 0 saturated carbocycles. The van der Waals surface area contributed by atoms with Gasteiger partial charge in [0.25, 0.3) is 0 Å². The van der Waals surface area contributed by atoms with Crippen LogP contribution in [0.3, 0.4) is 0 Å². The van der Waals surface area contributed by atoms with Crippen molar-refractivity contribution in [3.05, 3.63) is 59.8 Å². The molecule has 3 aromatic rings. The zero-order valence-electron chi connectivity index (χ0n) is 11.4. The first-order chi connectivity index (χ1) is 10.4. The van der Waals surface area contributed by atoms with Crippen LogP contribution < -0.4 is 10.5 Å². The van der Waals surface area contributed by atoms with E-state index in [0.29, 0.717) is 5.69 Å². The Bertz CT molecular complexity index is 809. The summed E-state index contributed by atoms with van der Waals surface area (Å²) in [5.74, 6) is 0.168. The van der Waals surface area contributed by atoms with E-state index in [0.717, 1.165) is 28.7 Å². The van der Waals surface area contributed by atoms with Crippen molar-refractivity contribution in [2.24, 2.45) is 0 Å². The fourth-order valence-electron chi connectivity index (χ4n) is 2.24. The number of nitrogens with one attached hydrogen (secondary N) is 1. The second-order valence-corrected chi connectivity index (χ2v) is 4.92. The van der Waals surface area contributed by atoms with Crippen LogP contribution in [0.25, 0.3) is 10.9 Å². The maximum Gasteiger partial charge on any atom is 0.416 e. The lowest BCUT2D eigenvalue weighted by Gasteiger charge is -2.09. The zero-order chi connectivity index (χ0) is 15.7. The Hall–Kier alpha value is -2.63. The molecule has 6 heteroatoms. The molecule has 3 rings (SSSR count). The van der Waals surface area contributed by atoms with Crippen LogP contribution in [0.1, 0.15) is 11.3 Å². The van der Waals surface area contributed by atoms with E-state index >= 15 is 0 Å². The smallest absolute Gasteiger partial charge is 0.416 e. The number of benzene rings is 2. The number of fused-ring (bicyclic) bond motifs is 1. The van der Waals surface area contributed by atoms with Crippen molar-refractivity contribution in [1.82, 2.24) is 4.98 Å². The number of hydrogen-bond donors (Lipinski definition) is 2. The lowest BCUT2D eigenvalue weighted by molar-refractivity contribution is -0.137. The van der Waals surface area contributed by atoms with Gasteiger partial charge < -0.3 is 15.5 Å². The summed E-state index contributed by atoms with van der Waals surface area (Å²) in [5.41, 5.74) is 7.27. The fraction of sp³-hybridized carbons (Fsp3) is 0.125. The standard InChI is InChI=1S/C16H13F3N2O/c17-16(18,19)11-4-2-5-13(8-11)22-9-12-7-10-3-1-6-14(20)15(10)21-12/h1-8,21H,9,20H2. The number of anilines is 1. The molecule has 2 aromatic carbocycles. The molecular weight excluding hydrogens is 293 g/mol. The highest BCUT2D eigenvalue weighted by Crippen LogP contribution is 2.31. The van der Waals surface area contributed by atoms with Gasteiger partial charge in [-0.3, -0.25) is 0 Å². The van der Waals surface area contributed by atoms with Gasteiger partial charge in [0, 0.05) is 5.39 Å². The van der Waals surface area contributed by atoms with Gasteiger partial charge in [-0.25, -0.2) is 0 Å². The van der Waals surface area contributed by atoms with Crippen molar-refractivity contribution in [1.29, 1.82) is 0 Å². The number of aromatic nitrogens is 1. The minimum absolute atomic E-state index is 0.134. The summed E-state index contributed by atoms with van der Waals surface area (Å²) in [4.78, 5) is 3.11. The molecule has 22 heavy (non-hydrogen) atoms. The van der Waals surface area contributed by atoms with Crippen molar-refractivity contribution < 1.29 is 17.9 Å². The van der Waals surface area contributed by atoms with Crippen molar-refractivity contribution in [3.63, 3.8) is 0 Å². The van der Waals surface area contributed by atoms with Gasteiger partial charge >= 0.3 is 6.18 Å². The molecule has 0 bridgehead atoms. The number of hydrogen-bond acceptors (Lipinski definition) is 2. The van der Waals surface area contributed by atoms with Crippen LogP contribution in [0.5, 0.6) is 5.75 Å². The summed E-state index contributed by atoms with van der Waals surface area (Å²) in [7, 11) is 0. The van der Waals surface area contributed by atoms with Crippen LogP contribution >= 0.6 is 0 Å². The van der Waals surface area contributed by atoms with Crippen molar-refractivity contribution in [3.8, 4) is 5.75 Å². The number of aromatic amines is 1. The highest BCUT2D eigenvalue weighted by molar-refractivity contribution is 5.90. The number of para-hydroxylation sites is 1. The largest absolute Gasteiger partial charge is 0.487 e. The van der Waals surface area contributed by atoms with E-state index in [4.69, 9.17) is 10.5 Å². The Morgan fingerprint density at radius 2 is 1.82 bits per heavy atom. The van der Waals surface area contributed by atoms with Crippen LogP contribution in [0.15, 0.2) is 48.5 Å². The molecule has 0 aliphatic carbocycles. The van der Waals surface area contributed by atoms with Gasteiger partial charge in [-0.15, -0.1) is 0 Å². The van der Waals surface area contributed by atoms with Crippen molar-refractivity contribution in [2.45, 2.75) is 12.8 Å². The Labute approximate surface area is 124 Å². The number of alkyl halides is 3. The molecule has 0 fully saturated rings. The van der Waals surface area contributed by atoms with Gasteiger partial charge in [0.15, 0.2) is 0 Å². The summed E-state index contributed by atoms with van der Waals surface area (Å²) in [6, 6.07) is 12.2. The summed E-state index contributed by atoms with van der Waals surface area (Å²) in [6.07, 6.45) is -4.38. The zero-order valence-corrected chi connectivity index (χ0v) is 11.4. The van der Waals surface area contributed by atoms with E-state index in [9.17, 15) is 13.2 Å². The predicted molar refractivity (Wildman–Crippen MR) is 78.5 cm³/mol. The number of rotatable bonds is 3. The highest BCUT2D eigenvalue weighted by Gasteiger charge is 2.30. The van der Waals surface area contributed by atoms with Gasteiger partial charge in [-0.2, -0.15) is 13.2 Å². The number of ether oxygens (including phenoxy) is 1. The molecule has 0 amide bonds. The monoisotopic (exact) mass is 306 g/mol. The number of H-pyrrole nitrogens is 1. The third-order valence-electron chi connectivity index (χ3n) is 3.30. The van der Waals surface area contributed by atoms with Crippen LogP contribution in [0.4, 0.5) is 18.9 Å². The normalized spacial score (nSPS) is 11.8. The van der Waals surface area contributed by atoms with E-state index in [1.165, 1.54) is 12.1 Å². The molecule has 0 radical (unpaired) electrons. The predicted octanol–water partition coefficient (Wildman–Crippen LogP) is 4.35. The molecule has 1 heterocycles. The van der Waals surface area contributed by atoms with E-state index in [2.05, 4.69) is 4.98 Å². The summed E-state index contributed by atoms with van der Waals surface area (Å²) in [5, 5.41) is 0.933. The number of halogens is 3. The Balaban J connectivity index is 1.78. The van der Waals surface area contributed by atoms with Crippen LogP contribution in [-0.4, -0.2) is 4.98 Å². The summed E-state index contributed by atoms with van der Waals surface area (Å²) < 4.78 is 43.3. The van der Waals surface area contributed by atoms with Crippen molar-refractivity contribution in [2.75, 3.05) is 5.73 Å². The maximum atomic E-state index is 12.6. The first-order valence-electron chi connectivity index (χ1n) is 6.59. The Morgan fingerprint density at radius 1 is 1.05 bits per heavy atom. The molecule has 3 nitrogen and oxygen atoms in total. The van der Waals surface area contributed by atoms with E-state index in [1.807, 2.05) is 18.2 Å². The Morgan fingerprint density at radius 3 is 2.55 bits per heavy atom. The highest BCUT2D eigenvalue weighted by atomic mass is 19.4. The maximum absolute atomic E-state index is 12.6. The van der Waals surface area contributed by atoms with Gasteiger partial charge in [-0.1, -0.05) is 18.2 Å². The first kappa shape index (κ1) is 14.3. The van der Waals surface area contributed by atoms with Gasteiger partial charge in [0.2, 0.25) is 0 Å². The Kier molecular flexibility index (Phi) is 3.44. The van der Waals surface area contributed by atoms with E-state index in [1.54, 1.807) is 6.07 Å². The molecule has 0 atom stereocenters. The molecular formula is C16H13F3N2O. The van der Waals surface area contributed by atoms with Crippen LogP contribution in [-0.2, 0) is 12.8 Å². The molecule has 0 spiro atoms. The average molecular weight is 306 g/mol. The molecule has 0 aliphatic rings. The molecule has 1 aromatic heterocycles. The van der Waals surface area contributed by atoms with Gasteiger partial charge in [0.05, 0.1) is 22.5 Å². The third-order valence-corrected chi connectivity index (χ3v) is 3.30. The quantitative estimate of drug-likeness (QED) is 0.707. The average Bonchev–Trinajstić information content (AvgIpc) is 2.89. The SMILES string of the molecule is Nc1cccc2cc(COc3cccc(C(F)(F)F)c3)[nH]c12. The van der Waals surface area contributed by atoms with Gasteiger partial charge in [0.1, 0.15) is 12.4 Å². The van der Waals surface area contributed by atoms with Crippen LogP contribution in [0, 0.1) is 0 Å². The third kappa shape index (κ3) is 2.86. The number of nitrogen functional groups attached to an aromatic ring is 1. The topological polar surface area (TPSA) is 51.0 Å². The fourth-order valence-corrected chi connectivity index (χ4v) is 2.24. The van der Waals surface area contributed by atoms with Crippen molar-refractivity contribution >= 4 is 16.6 Å². The minimum Gasteiger partial charge on any atom is -0.487 e. The molecule has 3 N–H and O–H groups in total. The minimum atomic E-state index is -4.38. The van der Waals surface area contributed by atoms with Crippen LogP contribution in [0.2, 0.25) is 0 Å². The summed E-state index contributed by atoms with van der Waals surface area (Å²) >= 11 is 0. The molecule has 0 saturated heterocycles. The molecule has 114 valence electrons. The summed E-state index contributed by atoms with van der Waals surface area (Å²) in [6.45, 7) is 0.134. The molecule has 0 aliphatic heterocycles.